The van der Waals surface area contributed by atoms with Crippen molar-refractivity contribution >= 4 is 5.91 Å². The molecule has 0 aliphatic heterocycles. The minimum atomic E-state index is -0.535. The van der Waals surface area contributed by atoms with Crippen molar-refractivity contribution in [2.45, 2.75) is 32.8 Å². The molecule has 0 aliphatic carbocycles. The molecule has 0 aromatic carbocycles. The molecule has 0 fully saturated rings. The number of H-pyrrole nitrogens is 1. The highest BCUT2D eigenvalue weighted by atomic mass is 16.3. The van der Waals surface area contributed by atoms with E-state index in [9.17, 15) is 14.7 Å². The first-order valence-corrected chi connectivity index (χ1v) is 5.70. The lowest BCUT2D eigenvalue weighted by Gasteiger charge is -2.10. The van der Waals surface area contributed by atoms with Gasteiger partial charge in [0.05, 0.1) is 6.10 Å². The van der Waals surface area contributed by atoms with Crippen LogP contribution < -0.4 is 10.9 Å². The number of aromatic amines is 1. The molecule has 0 saturated heterocycles. The Morgan fingerprint density at radius 1 is 1.53 bits per heavy atom. The Hall–Kier alpha value is -1.62. The smallest absolute Gasteiger partial charge is 0.251 e. The quantitative estimate of drug-likeness (QED) is 0.701. The molecule has 3 N–H and O–H groups in total. The van der Waals surface area contributed by atoms with Gasteiger partial charge in [-0.15, -0.1) is 0 Å². The second-order valence-corrected chi connectivity index (χ2v) is 4.07. The van der Waals surface area contributed by atoms with Crippen LogP contribution >= 0.6 is 0 Å². The van der Waals surface area contributed by atoms with Gasteiger partial charge in [0.15, 0.2) is 0 Å². The average Bonchev–Trinajstić information content (AvgIpc) is 2.25. The number of nitrogens with one attached hydrogen (secondary N) is 2. The van der Waals surface area contributed by atoms with Crippen molar-refractivity contribution in [1.82, 2.24) is 10.3 Å². The summed E-state index contributed by atoms with van der Waals surface area (Å²) in [4.78, 5) is 25.4. The van der Waals surface area contributed by atoms with Crippen molar-refractivity contribution in [1.29, 1.82) is 0 Å². The van der Waals surface area contributed by atoms with Crippen LogP contribution in [0.4, 0.5) is 0 Å². The maximum Gasteiger partial charge on any atom is 0.251 e. The maximum atomic E-state index is 11.7. The Morgan fingerprint density at radius 2 is 2.24 bits per heavy atom. The number of hydrogen-bond donors (Lipinski definition) is 3. The van der Waals surface area contributed by atoms with Crippen LogP contribution in [-0.4, -0.2) is 28.6 Å². The van der Waals surface area contributed by atoms with Crippen LogP contribution in [0, 0.1) is 6.92 Å². The van der Waals surface area contributed by atoms with Crippen LogP contribution in [0.1, 0.15) is 35.8 Å². The highest BCUT2D eigenvalue weighted by molar-refractivity contribution is 5.94. The molecule has 1 amide bonds. The Labute approximate surface area is 99.9 Å². The first kappa shape index (κ1) is 13.4. The largest absolute Gasteiger partial charge is 0.391 e. The summed E-state index contributed by atoms with van der Waals surface area (Å²) in [5.74, 6) is -0.339. The molecule has 1 rings (SSSR count). The Bertz CT molecular complexity index is 440. The van der Waals surface area contributed by atoms with Gasteiger partial charge in [0.2, 0.25) is 5.56 Å². The van der Waals surface area contributed by atoms with Crippen molar-refractivity contribution in [2.75, 3.05) is 6.54 Å². The second kappa shape index (κ2) is 6.20. The number of aliphatic hydroxyl groups excluding tert-OH is 1. The van der Waals surface area contributed by atoms with Gasteiger partial charge in [0.1, 0.15) is 0 Å². The van der Waals surface area contributed by atoms with E-state index in [0.29, 0.717) is 17.7 Å². The van der Waals surface area contributed by atoms with Crippen LogP contribution in [-0.2, 0) is 0 Å². The van der Waals surface area contributed by atoms with Crippen molar-refractivity contribution < 1.29 is 9.90 Å². The molecule has 5 heteroatoms. The van der Waals surface area contributed by atoms with E-state index in [2.05, 4.69) is 10.3 Å². The van der Waals surface area contributed by atoms with Crippen LogP contribution in [0.3, 0.4) is 0 Å². The fourth-order valence-electron chi connectivity index (χ4n) is 1.56. The third-order valence-electron chi connectivity index (χ3n) is 2.36. The fourth-order valence-corrected chi connectivity index (χ4v) is 1.56. The van der Waals surface area contributed by atoms with Gasteiger partial charge < -0.3 is 15.4 Å². The summed E-state index contributed by atoms with van der Waals surface area (Å²) in [5, 5.41) is 12.1. The molecule has 0 saturated carbocycles. The van der Waals surface area contributed by atoms with Crippen LogP contribution in [0.2, 0.25) is 0 Å². The minimum Gasteiger partial charge on any atom is -0.391 e. The number of aryl methyl sites for hydroxylation is 1. The van der Waals surface area contributed by atoms with E-state index < -0.39 is 6.10 Å². The number of carbonyl (C=O) groups is 1. The molecule has 0 radical (unpaired) electrons. The van der Waals surface area contributed by atoms with E-state index in [1.165, 1.54) is 6.07 Å². The average molecular weight is 238 g/mol. The molecule has 0 bridgehead atoms. The molecule has 5 nitrogen and oxygen atoms in total. The van der Waals surface area contributed by atoms with Crippen molar-refractivity contribution in [3.63, 3.8) is 0 Å². The summed E-state index contributed by atoms with van der Waals surface area (Å²) >= 11 is 0. The summed E-state index contributed by atoms with van der Waals surface area (Å²) < 4.78 is 0. The number of carbonyl (C=O) groups excluding carboxylic acids is 1. The third kappa shape index (κ3) is 4.40. The highest BCUT2D eigenvalue weighted by Crippen LogP contribution is 1.99. The normalized spacial score (nSPS) is 12.2. The van der Waals surface area contributed by atoms with E-state index in [1.54, 1.807) is 13.0 Å². The molecule has 1 heterocycles. The molecule has 1 unspecified atom stereocenters. The first-order valence-electron chi connectivity index (χ1n) is 5.70. The van der Waals surface area contributed by atoms with Gasteiger partial charge in [0, 0.05) is 23.9 Å². The fraction of sp³-hybridized carbons (Fsp3) is 0.500. The van der Waals surface area contributed by atoms with E-state index >= 15 is 0 Å². The summed E-state index contributed by atoms with van der Waals surface area (Å²) in [6, 6.07) is 2.84. The van der Waals surface area contributed by atoms with Crippen LogP contribution in [0.5, 0.6) is 0 Å². The number of aliphatic hydroxyl groups is 1. The predicted molar refractivity (Wildman–Crippen MR) is 65.0 cm³/mol. The molecular weight excluding hydrogens is 220 g/mol. The second-order valence-electron chi connectivity index (χ2n) is 4.07. The Kier molecular flexibility index (Phi) is 4.90. The lowest BCUT2D eigenvalue weighted by Crippen LogP contribution is -2.32. The van der Waals surface area contributed by atoms with Gasteiger partial charge >= 0.3 is 0 Å². The monoisotopic (exact) mass is 238 g/mol. The molecule has 1 aromatic rings. The zero-order chi connectivity index (χ0) is 12.8. The number of rotatable bonds is 5. The number of hydrogen-bond acceptors (Lipinski definition) is 3. The van der Waals surface area contributed by atoms with Gasteiger partial charge in [-0.1, -0.05) is 13.3 Å². The molecule has 0 spiro atoms. The predicted octanol–water partition coefficient (Wildman–Crippen LogP) is 0.574. The van der Waals surface area contributed by atoms with Gasteiger partial charge in [-0.2, -0.15) is 0 Å². The lowest BCUT2D eigenvalue weighted by molar-refractivity contribution is 0.0910. The summed E-state index contributed by atoms with van der Waals surface area (Å²) in [5.41, 5.74) is 0.649. The molecule has 17 heavy (non-hydrogen) atoms. The van der Waals surface area contributed by atoms with Crippen molar-refractivity contribution in [3.8, 4) is 0 Å². The Balaban J connectivity index is 2.61. The number of aromatic nitrogens is 1. The topological polar surface area (TPSA) is 82.2 Å². The highest BCUT2D eigenvalue weighted by Gasteiger charge is 2.09. The summed E-state index contributed by atoms with van der Waals surface area (Å²) in [7, 11) is 0. The van der Waals surface area contributed by atoms with Gasteiger partial charge in [-0.25, -0.2) is 0 Å². The first-order chi connectivity index (χ1) is 8.02. The standard InChI is InChI=1S/C12H18N2O3/c1-3-4-10(15)7-13-12(17)9-5-8(2)14-11(16)6-9/h5-6,10,15H,3-4,7H2,1-2H3,(H,13,17)(H,14,16). The van der Waals surface area contributed by atoms with E-state index in [0.717, 1.165) is 6.42 Å². The lowest BCUT2D eigenvalue weighted by atomic mass is 10.2. The van der Waals surface area contributed by atoms with Crippen LogP contribution in [0.25, 0.3) is 0 Å². The molecule has 0 aliphatic rings. The third-order valence-corrected chi connectivity index (χ3v) is 2.36. The number of pyridine rings is 1. The SMILES string of the molecule is CCCC(O)CNC(=O)c1cc(C)[nH]c(=O)c1. The summed E-state index contributed by atoms with van der Waals surface area (Å²) in [6.45, 7) is 3.88. The van der Waals surface area contributed by atoms with Crippen molar-refractivity contribution in [3.05, 3.63) is 33.7 Å². The molecule has 94 valence electrons. The molecule has 1 aromatic heterocycles. The van der Waals surface area contributed by atoms with Gasteiger partial charge in [-0.05, 0) is 19.4 Å². The zero-order valence-electron chi connectivity index (χ0n) is 10.1. The Morgan fingerprint density at radius 3 is 2.82 bits per heavy atom. The van der Waals surface area contributed by atoms with Crippen molar-refractivity contribution in [2.24, 2.45) is 0 Å². The van der Waals surface area contributed by atoms with Gasteiger partial charge in [-0.3, -0.25) is 9.59 Å². The van der Waals surface area contributed by atoms with E-state index in [1.807, 2.05) is 6.92 Å². The molecular formula is C12H18N2O3. The van der Waals surface area contributed by atoms with E-state index in [4.69, 9.17) is 0 Å². The minimum absolute atomic E-state index is 0.207. The maximum absolute atomic E-state index is 11.7. The number of amides is 1. The summed E-state index contributed by atoms with van der Waals surface area (Å²) in [6.07, 6.45) is 0.975. The molecule has 1 atom stereocenters. The van der Waals surface area contributed by atoms with Crippen LogP contribution in [0.15, 0.2) is 16.9 Å². The van der Waals surface area contributed by atoms with E-state index in [-0.39, 0.29) is 18.0 Å². The zero-order valence-corrected chi connectivity index (χ0v) is 10.1. The van der Waals surface area contributed by atoms with Gasteiger partial charge in [0.25, 0.3) is 5.91 Å².